The molecule has 2 heterocycles. The van der Waals surface area contributed by atoms with Crippen LogP contribution in [0.4, 0.5) is 0 Å². The summed E-state index contributed by atoms with van der Waals surface area (Å²) in [6.07, 6.45) is 1.76. The molecular formula is C17H21N3O. The molecule has 2 aromatic heterocycles. The maximum absolute atomic E-state index is 5.57. The molecule has 110 valence electrons. The predicted molar refractivity (Wildman–Crippen MR) is 84.2 cm³/mol. The summed E-state index contributed by atoms with van der Waals surface area (Å²) < 4.78 is 7.83. The van der Waals surface area contributed by atoms with E-state index in [1.54, 1.807) is 6.20 Å². The van der Waals surface area contributed by atoms with Crippen LogP contribution in [0.2, 0.25) is 0 Å². The van der Waals surface area contributed by atoms with Crippen LogP contribution in [0, 0.1) is 13.8 Å². The SMILES string of the molecule is Cc1cnc(C(C)NCc2c(C)c3ccccc3n2C)o1. The molecule has 0 bridgehead atoms. The van der Waals surface area contributed by atoms with Gasteiger partial charge in [-0.1, -0.05) is 18.2 Å². The van der Waals surface area contributed by atoms with Crippen LogP contribution in [0.25, 0.3) is 10.9 Å². The number of rotatable bonds is 4. The highest BCUT2D eigenvalue weighted by atomic mass is 16.4. The number of nitrogens with zero attached hydrogens (tertiary/aromatic N) is 2. The molecule has 4 heteroatoms. The van der Waals surface area contributed by atoms with Gasteiger partial charge in [-0.05, 0) is 32.4 Å². The highest BCUT2D eigenvalue weighted by Gasteiger charge is 2.14. The van der Waals surface area contributed by atoms with Gasteiger partial charge in [0.2, 0.25) is 5.89 Å². The first kappa shape index (κ1) is 13.9. The number of hydrogen-bond acceptors (Lipinski definition) is 3. The van der Waals surface area contributed by atoms with Gasteiger partial charge in [-0.3, -0.25) is 0 Å². The Labute approximate surface area is 124 Å². The molecule has 0 spiro atoms. The Morgan fingerprint density at radius 1 is 1.29 bits per heavy atom. The van der Waals surface area contributed by atoms with E-state index in [1.807, 2.05) is 6.92 Å². The van der Waals surface area contributed by atoms with Gasteiger partial charge >= 0.3 is 0 Å². The summed E-state index contributed by atoms with van der Waals surface area (Å²) in [5, 5.41) is 4.81. The zero-order valence-electron chi connectivity index (χ0n) is 13.0. The van der Waals surface area contributed by atoms with E-state index < -0.39 is 0 Å². The zero-order valence-corrected chi connectivity index (χ0v) is 13.0. The number of nitrogens with one attached hydrogen (secondary N) is 1. The van der Waals surface area contributed by atoms with Gasteiger partial charge in [0, 0.05) is 30.2 Å². The number of aromatic nitrogens is 2. The average molecular weight is 283 g/mol. The Morgan fingerprint density at radius 3 is 2.71 bits per heavy atom. The van der Waals surface area contributed by atoms with Crippen LogP contribution in [-0.4, -0.2) is 9.55 Å². The minimum Gasteiger partial charge on any atom is -0.444 e. The molecule has 1 unspecified atom stereocenters. The fourth-order valence-corrected chi connectivity index (χ4v) is 2.80. The lowest BCUT2D eigenvalue weighted by Gasteiger charge is -2.12. The van der Waals surface area contributed by atoms with Crippen LogP contribution < -0.4 is 5.32 Å². The Morgan fingerprint density at radius 2 is 2.05 bits per heavy atom. The molecule has 0 aliphatic carbocycles. The molecule has 1 atom stereocenters. The Kier molecular flexibility index (Phi) is 3.55. The molecule has 1 N–H and O–H groups in total. The lowest BCUT2D eigenvalue weighted by molar-refractivity contribution is 0.400. The quantitative estimate of drug-likeness (QED) is 0.795. The lowest BCUT2D eigenvalue weighted by Crippen LogP contribution is -2.20. The fraction of sp³-hybridized carbons (Fsp3) is 0.353. The van der Waals surface area contributed by atoms with Crippen molar-refractivity contribution < 1.29 is 4.42 Å². The molecule has 3 aromatic rings. The molecule has 0 fully saturated rings. The molecule has 0 amide bonds. The van der Waals surface area contributed by atoms with Crippen molar-refractivity contribution in [1.82, 2.24) is 14.9 Å². The van der Waals surface area contributed by atoms with Crippen LogP contribution in [-0.2, 0) is 13.6 Å². The summed E-state index contributed by atoms with van der Waals surface area (Å²) in [6, 6.07) is 8.60. The second-order valence-corrected chi connectivity index (χ2v) is 5.56. The van der Waals surface area contributed by atoms with E-state index in [1.165, 1.54) is 22.2 Å². The first-order valence-electron chi connectivity index (χ1n) is 7.26. The monoisotopic (exact) mass is 283 g/mol. The molecule has 21 heavy (non-hydrogen) atoms. The largest absolute Gasteiger partial charge is 0.444 e. The normalized spacial score (nSPS) is 13.0. The molecule has 0 radical (unpaired) electrons. The molecule has 0 saturated carbocycles. The smallest absolute Gasteiger partial charge is 0.211 e. The Bertz CT molecular complexity index is 731. The number of benzene rings is 1. The second-order valence-electron chi connectivity index (χ2n) is 5.56. The van der Waals surface area contributed by atoms with Crippen LogP contribution in [0.15, 0.2) is 34.9 Å². The Balaban J connectivity index is 1.82. The first-order valence-corrected chi connectivity index (χ1v) is 7.26. The van der Waals surface area contributed by atoms with E-state index >= 15 is 0 Å². The topological polar surface area (TPSA) is 43.0 Å². The van der Waals surface area contributed by atoms with E-state index in [9.17, 15) is 0 Å². The third-order valence-corrected chi connectivity index (χ3v) is 4.09. The highest BCUT2D eigenvalue weighted by molar-refractivity contribution is 5.85. The summed E-state index contributed by atoms with van der Waals surface area (Å²) in [6.45, 7) is 6.96. The van der Waals surface area contributed by atoms with Gasteiger partial charge < -0.3 is 14.3 Å². The summed E-state index contributed by atoms with van der Waals surface area (Å²) in [7, 11) is 2.12. The van der Waals surface area contributed by atoms with Gasteiger partial charge in [-0.25, -0.2) is 4.98 Å². The third-order valence-electron chi connectivity index (χ3n) is 4.09. The number of hydrogen-bond donors (Lipinski definition) is 1. The molecule has 1 aromatic carbocycles. The van der Waals surface area contributed by atoms with Crippen molar-refractivity contribution >= 4 is 10.9 Å². The minimum absolute atomic E-state index is 0.0936. The summed E-state index contributed by atoms with van der Waals surface area (Å²) in [5.74, 6) is 1.59. The van der Waals surface area contributed by atoms with Crippen molar-refractivity contribution in [3.05, 3.63) is 53.4 Å². The van der Waals surface area contributed by atoms with Crippen LogP contribution in [0.5, 0.6) is 0 Å². The van der Waals surface area contributed by atoms with Crippen molar-refractivity contribution in [3.63, 3.8) is 0 Å². The highest BCUT2D eigenvalue weighted by Crippen LogP contribution is 2.24. The van der Waals surface area contributed by atoms with Gasteiger partial charge in [0.1, 0.15) is 5.76 Å². The van der Waals surface area contributed by atoms with Gasteiger partial charge in [-0.2, -0.15) is 0 Å². The van der Waals surface area contributed by atoms with E-state index in [4.69, 9.17) is 4.42 Å². The van der Waals surface area contributed by atoms with Crippen LogP contribution in [0.3, 0.4) is 0 Å². The fourth-order valence-electron chi connectivity index (χ4n) is 2.80. The second kappa shape index (κ2) is 5.37. The van der Waals surface area contributed by atoms with E-state index in [0.29, 0.717) is 0 Å². The summed E-state index contributed by atoms with van der Waals surface area (Å²) in [5.41, 5.74) is 3.90. The summed E-state index contributed by atoms with van der Waals surface area (Å²) >= 11 is 0. The molecular weight excluding hydrogens is 262 g/mol. The van der Waals surface area contributed by atoms with Gasteiger partial charge in [-0.15, -0.1) is 0 Å². The number of oxazole rings is 1. The van der Waals surface area contributed by atoms with E-state index in [-0.39, 0.29) is 6.04 Å². The maximum Gasteiger partial charge on any atom is 0.211 e. The molecule has 0 saturated heterocycles. The predicted octanol–water partition coefficient (Wildman–Crippen LogP) is 3.63. The average Bonchev–Trinajstić information content (AvgIpc) is 3.02. The van der Waals surface area contributed by atoms with E-state index in [2.05, 4.69) is 60.0 Å². The molecule has 3 rings (SSSR count). The van der Waals surface area contributed by atoms with Gasteiger partial charge in [0.15, 0.2) is 0 Å². The molecule has 0 aliphatic rings. The number of fused-ring (bicyclic) bond motifs is 1. The first-order chi connectivity index (χ1) is 10.1. The maximum atomic E-state index is 5.57. The third kappa shape index (κ3) is 2.47. The number of aryl methyl sites for hydroxylation is 3. The Hall–Kier alpha value is -2.07. The van der Waals surface area contributed by atoms with Crippen molar-refractivity contribution in [2.24, 2.45) is 7.05 Å². The van der Waals surface area contributed by atoms with Crippen molar-refractivity contribution in [3.8, 4) is 0 Å². The van der Waals surface area contributed by atoms with Crippen LogP contribution in [0.1, 0.15) is 35.9 Å². The van der Waals surface area contributed by atoms with Crippen LogP contribution >= 0.6 is 0 Å². The van der Waals surface area contributed by atoms with Gasteiger partial charge in [0.05, 0.1) is 12.2 Å². The zero-order chi connectivity index (χ0) is 15.0. The van der Waals surface area contributed by atoms with Gasteiger partial charge in [0.25, 0.3) is 0 Å². The van der Waals surface area contributed by atoms with E-state index in [0.717, 1.165) is 18.2 Å². The number of para-hydroxylation sites is 1. The van der Waals surface area contributed by atoms with Crippen molar-refractivity contribution in [1.29, 1.82) is 0 Å². The minimum atomic E-state index is 0.0936. The van der Waals surface area contributed by atoms with Crippen molar-refractivity contribution in [2.75, 3.05) is 0 Å². The standard InChI is InChI=1S/C17H21N3O/c1-11-9-19-17(21-11)13(3)18-10-16-12(2)14-7-5-6-8-15(14)20(16)4/h5-9,13,18H,10H2,1-4H3. The summed E-state index contributed by atoms with van der Waals surface area (Å²) in [4.78, 5) is 4.28. The van der Waals surface area contributed by atoms with Crippen molar-refractivity contribution in [2.45, 2.75) is 33.4 Å². The lowest BCUT2D eigenvalue weighted by atomic mass is 10.1. The molecule has 4 nitrogen and oxygen atoms in total. The molecule has 0 aliphatic heterocycles.